The summed E-state index contributed by atoms with van der Waals surface area (Å²) in [5.74, 6) is -1.10. The van der Waals surface area contributed by atoms with Crippen molar-refractivity contribution in [1.82, 2.24) is 19.6 Å². The Balaban J connectivity index is 1.45. The number of hydrogen-bond donors (Lipinski definition) is 1. The molecule has 0 saturated carbocycles. The Bertz CT molecular complexity index is 1710. The van der Waals surface area contributed by atoms with Crippen molar-refractivity contribution >= 4 is 34.4 Å². The van der Waals surface area contributed by atoms with Crippen molar-refractivity contribution in [3.63, 3.8) is 0 Å². The molecule has 11 nitrogen and oxygen atoms in total. The van der Waals surface area contributed by atoms with E-state index in [1.165, 1.54) is 17.4 Å². The molecule has 0 fully saturated rings. The van der Waals surface area contributed by atoms with Gasteiger partial charge in [-0.3, -0.25) is 14.9 Å². The van der Waals surface area contributed by atoms with Gasteiger partial charge in [-0.2, -0.15) is 22.7 Å². The molecule has 0 aliphatic rings. The van der Waals surface area contributed by atoms with E-state index < -0.39 is 40.0 Å². The normalized spacial score (nSPS) is 11.4. The number of halogens is 3. The molecular weight excluding hydrogens is 553 g/mol. The quantitative estimate of drug-likeness (QED) is 0.172. The van der Waals surface area contributed by atoms with Crippen LogP contribution < -0.4 is 14.8 Å². The zero-order chi connectivity index (χ0) is 28.4. The highest BCUT2D eigenvalue weighted by Gasteiger charge is 2.36. The van der Waals surface area contributed by atoms with Crippen molar-refractivity contribution in [3.05, 3.63) is 87.7 Å². The standard InChI is InChI=1S/C25H17F3N6O5S/c1-2-38-16-5-7-17(8-6-16)39-18-11-14(10-15(12-18)34(36)37)29-23(35)22-31-24-30-19(20-4-3-9-40-20)13-21(25(26,27)28)33(24)32-22/h3-13H,2H2,1H3,(H,29,35). The van der Waals surface area contributed by atoms with Gasteiger partial charge in [0.1, 0.15) is 17.2 Å². The number of anilines is 1. The number of rotatable bonds is 8. The van der Waals surface area contributed by atoms with Crippen molar-refractivity contribution in [3.8, 4) is 27.8 Å². The number of non-ortho nitro benzene ring substituents is 1. The van der Waals surface area contributed by atoms with Crippen LogP contribution in [0.1, 0.15) is 23.2 Å². The molecule has 0 atom stereocenters. The molecule has 1 N–H and O–H groups in total. The monoisotopic (exact) mass is 570 g/mol. The molecular formula is C25H17F3N6O5S. The number of nitrogens with one attached hydrogen (secondary N) is 1. The van der Waals surface area contributed by atoms with Gasteiger partial charge in [-0.1, -0.05) is 6.07 Å². The van der Waals surface area contributed by atoms with Crippen LogP contribution in [0.3, 0.4) is 0 Å². The molecule has 0 radical (unpaired) electrons. The van der Waals surface area contributed by atoms with E-state index in [-0.39, 0.29) is 17.1 Å². The predicted molar refractivity (Wildman–Crippen MR) is 138 cm³/mol. The van der Waals surface area contributed by atoms with Crippen molar-refractivity contribution in [2.75, 3.05) is 11.9 Å². The number of aromatic nitrogens is 4. The van der Waals surface area contributed by atoms with Gasteiger partial charge in [0.15, 0.2) is 5.69 Å². The van der Waals surface area contributed by atoms with Gasteiger partial charge in [0.25, 0.3) is 17.4 Å². The van der Waals surface area contributed by atoms with Gasteiger partial charge in [0.05, 0.1) is 33.9 Å². The van der Waals surface area contributed by atoms with E-state index in [2.05, 4.69) is 20.4 Å². The Morgan fingerprint density at radius 1 is 1.07 bits per heavy atom. The summed E-state index contributed by atoms with van der Waals surface area (Å²) >= 11 is 1.19. The fourth-order valence-electron chi connectivity index (χ4n) is 3.63. The Labute approximate surface area is 227 Å². The lowest BCUT2D eigenvalue weighted by Gasteiger charge is -2.10. The molecule has 204 valence electrons. The third-order valence-corrected chi connectivity index (χ3v) is 6.20. The van der Waals surface area contributed by atoms with Crippen LogP contribution in [0.15, 0.2) is 66.0 Å². The van der Waals surface area contributed by atoms with E-state index in [0.29, 0.717) is 27.5 Å². The number of alkyl halides is 3. The molecule has 15 heteroatoms. The molecule has 0 unspecified atom stereocenters. The van der Waals surface area contributed by atoms with E-state index in [0.717, 1.165) is 18.2 Å². The Morgan fingerprint density at radius 3 is 2.48 bits per heavy atom. The third kappa shape index (κ3) is 5.68. The average Bonchev–Trinajstić information content (AvgIpc) is 3.59. The summed E-state index contributed by atoms with van der Waals surface area (Å²) in [5.41, 5.74) is -1.62. The fourth-order valence-corrected chi connectivity index (χ4v) is 4.32. The number of nitrogens with zero attached hydrogens (tertiary/aromatic N) is 5. The Hall–Kier alpha value is -5.05. The highest BCUT2D eigenvalue weighted by Crippen LogP contribution is 2.34. The molecule has 3 heterocycles. The number of ether oxygens (including phenoxy) is 2. The fraction of sp³-hybridized carbons (Fsp3) is 0.120. The molecule has 0 spiro atoms. The van der Waals surface area contributed by atoms with Crippen molar-refractivity contribution in [1.29, 1.82) is 0 Å². The second-order valence-electron chi connectivity index (χ2n) is 8.08. The lowest BCUT2D eigenvalue weighted by Crippen LogP contribution is -2.16. The number of benzene rings is 2. The minimum absolute atomic E-state index is 0.0175. The Morgan fingerprint density at radius 2 is 1.82 bits per heavy atom. The molecule has 0 saturated heterocycles. The van der Waals surface area contributed by atoms with Crippen LogP contribution in [-0.4, -0.2) is 37.0 Å². The molecule has 1 amide bonds. The van der Waals surface area contributed by atoms with Crippen molar-refractivity contribution < 1.29 is 32.4 Å². The zero-order valence-corrected chi connectivity index (χ0v) is 21.2. The van der Waals surface area contributed by atoms with Gasteiger partial charge < -0.3 is 14.8 Å². The molecule has 0 aliphatic carbocycles. The lowest BCUT2D eigenvalue weighted by atomic mass is 10.2. The molecule has 0 bridgehead atoms. The first-order chi connectivity index (χ1) is 19.1. The van der Waals surface area contributed by atoms with Crippen LogP contribution in [0, 0.1) is 10.1 Å². The van der Waals surface area contributed by atoms with Crippen LogP contribution in [0.4, 0.5) is 24.5 Å². The molecule has 2 aromatic carbocycles. The van der Waals surface area contributed by atoms with E-state index in [1.807, 2.05) is 6.92 Å². The summed E-state index contributed by atoms with van der Waals surface area (Å²) in [6, 6.07) is 14.1. The maximum absolute atomic E-state index is 13.8. The summed E-state index contributed by atoms with van der Waals surface area (Å²) in [4.78, 5) is 32.2. The molecule has 3 aromatic heterocycles. The van der Waals surface area contributed by atoms with Gasteiger partial charge in [-0.15, -0.1) is 16.4 Å². The number of thiophene rings is 1. The van der Waals surface area contributed by atoms with E-state index >= 15 is 0 Å². The first-order valence-corrected chi connectivity index (χ1v) is 12.4. The number of nitro groups is 1. The smallest absolute Gasteiger partial charge is 0.433 e. The lowest BCUT2D eigenvalue weighted by molar-refractivity contribution is -0.384. The number of amides is 1. The average molecular weight is 571 g/mol. The van der Waals surface area contributed by atoms with Crippen LogP contribution in [0.5, 0.6) is 17.2 Å². The summed E-state index contributed by atoms with van der Waals surface area (Å²) in [5, 5.41) is 19.3. The first kappa shape index (κ1) is 26.6. The predicted octanol–water partition coefficient (Wildman–Crippen LogP) is 6.22. The zero-order valence-electron chi connectivity index (χ0n) is 20.4. The van der Waals surface area contributed by atoms with Crippen LogP contribution in [0.2, 0.25) is 0 Å². The van der Waals surface area contributed by atoms with Gasteiger partial charge in [0.2, 0.25) is 5.82 Å². The third-order valence-electron chi connectivity index (χ3n) is 5.31. The van der Waals surface area contributed by atoms with Crippen molar-refractivity contribution in [2.24, 2.45) is 0 Å². The number of carbonyl (C=O) groups excluding carboxylic acids is 1. The van der Waals surface area contributed by atoms with Crippen molar-refractivity contribution in [2.45, 2.75) is 13.1 Å². The highest BCUT2D eigenvalue weighted by molar-refractivity contribution is 7.13. The minimum atomic E-state index is -4.82. The maximum Gasteiger partial charge on any atom is 0.433 e. The van der Waals surface area contributed by atoms with Crippen LogP contribution in [0.25, 0.3) is 16.3 Å². The van der Waals surface area contributed by atoms with E-state index in [1.54, 1.807) is 41.8 Å². The maximum atomic E-state index is 13.8. The Kier molecular flexibility index (Phi) is 7.04. The van der Waals surface area contributed by atoms with Gasteiger partial charge in [-0.25, -0.2) is 4.98 Å². The van der Waals surface area contributed by atoms with Crippen LogP contribution >= 0.6 is 11.3 Å². The van der Waals surface area contributed by atoms with E-state index in [9.17, 15) is 28.1 Å². The van der Waals surface area contributed by atoms with Gasteiger partial charge in [-0.05, 0) is 48.7 Å². The second-order valence-corrected chi connectivity index (χ2v) is 9.03. The summed E-state index contributed by atoms with van der Waals surface area (Å²) < 4.78 is 52.9. The summed E-state index contributed by atoms with van der Waals surface area (Å²) in [6.45, 7) is 2.30. The number of hydrogen-bond acceptors (Lipinski definition) is 9. The molecule has 40 heavy (non-hydrogen) atoms. The largest absolute Gasteiger partial charge is 0.494 e. The van der Waals surface area contributed by atoms with Gasteiger partial charge >= 0.3 is 6.18 Å². The number of nitro benzene ring substituents is 1. The SMILES string of the molecule is CCOc1ccc(Oc2cc(NC(=O)c3nc4nc(-c5cccs5)cc(C(F)(F)F)n4n3)cc([N+](=O)[O-])c2)cc1. The minimum Gasteiger partial charge on any atom is -0.494 e. The molecule has 5 aromatic rings. The summed E-state index contributed by atoms with van der Waals surface area (Å²) in [7, 11) is 0. The van der Waals surface area contributed by atoms with Crippen LogP contribution in [-0.2, 0) is 6.18 Å². The number of fused-ring (bicyclic) bond motifs is 1. The topological polar surface area (TPSA) is 134 Å². The summed E-state index contributed by atoms with van der Waals surface area (Å²) in [6.07, 6.45) is -4.82. The second kappa shape index (κ2) is 10.6. The van der Waals surface area contributed by atoms with Gasteiger partial charge in [0, 0.05) is 12.1 Å². The highest BCUT2D eigenvalue weighted by atomic mass is 32.1. The number of carbonyl (C=O) groups is 1. The molecule has 0 aliphatic heterocycles. The molecule has 5 rings (SSSR count). The van der Waals surface area contributed by atoms with E-state index in [4.69, 9.17) is 9.47 Å². The first-order valence-electron chi connectivity index (χ1n) is 11.5.